The molecule has 24 heavy (non-hydrogen) atoms. The van der Waals surface area contributed by atoms with E-state index in [1.807, 2.05) is 6.07 Å². The van der Waals surface area contributed by atoms with Crippen molar-refractivity contribution in [3.63, 3.8) is 0 Å². The highest BCUT2D eigenvalue weighted by Gasteiger charge is 2.44. The van der Waals surface area contributed by atoms with Gasteiger partial charge in [0.05, 0.1) is 26.3 Å². The predicted molar refractivity (Wildman–Crippen MR) is 86.7 cm³/mol. The highest BCUT2D eigenvalue weighted by Crippen LogP contribution is 2.26. The Morgan fingerprint density at radius 3 is 2.88 bits per heavy atom. The number of carbonyl (C=O) groups excluding carboxylic acids is 2. The summed E-state index contributed by atoms with van der Waals surface area (Å²) >= 11 is 0. The van der Waals surface area contributed by atoms with Gasteiger partial charge in [-0.05, 0) is 12.1 Å². The zero-order valence-corrected chi connectivity index (χ0v) is 14.0. The van der Waals surface area contributed by atoms with Gasteiger partial charge in [0.25, 0.3) is 5.91 Å². The molecule has 2 aliphatic heterocycles. The Morgan fingerprint density at radius 2 is 2.17 bits per heavy atom. The van der Waals surface area contributed by atoms with Crippen LogP contribution in [0.25, 0.3) is 0 Å². The SMILES string of the molecule is CN(C)C(=O)N1CCOCC2(C1)CN(c1ccccn1)C(=O)CO2. The molecule has 2 saturated heterocycles. The first-order valence-electron chi connectivity index (χ1n) is 7.90. The Bertz CT molecular complexity index is 609. The predicted octanol–water partition coefficient (Wildman–Crippen LogP) is 0.197. The number of anilines is 1. The monoisotopic (exact) mass is 334 g/mol. The molecule has 1 atom stereocenters. The molecule has 3 amide bonds. The van der Waals surface area contributed by atoms with Crippen molar-refractivity contribution in [3.8, 4) is 0 Å². The molecule has 1 unspecified atom stereocenters. The van der Waals surface area contributed by atoms with Crippen LogP contribution in [0, 0.1) is 0 Å². The lowest BCUT2D eigenvalue weighted by molar-refractivity contribution is -0.145. The van der Waals surface area contributed by atoms with E-state index in [1.165, 1.54) is 4.90 Å². The van der Waals surface area contributed by atoms with Crippen LogP contribution in [0.5, 0.6) is 0 Å². The van der Waals surface area contributed by atoms with Crippen LogP contribution in [0.3, 0.4) is 0 Å². The van der Waals surface area contributed by atoms with Crippen molar-refractivity contribution in [2.75, 3.05) is 58.5 Å². The van der Waals surface area contributed by atoms with Gasteiger partial charge >= 0.3 is 6.03 Å². The van der Waals surface area contributed by atoms with E-state index in [9.17, 15) is 9.59 Å². The number of aromatic nitrogens is 1. The zero-order chi connectivity index (χ0) is 17.2. The molecule has 0 radical (unpaired) electrons. The summed E-state index contributed by atoms with van der Waals surface area (Å²) in [5.74, 6) is 0.439. The van der Waals surface area contributed by atoms with Gasteiger partial charge in [0.1, 0.15) is 18.0 Å². The minimum Gasteiger partial charge on any atom is -0.376 e. The molecule has 1 aromatic heterocycles. The molecule has 2 fully saturated rings. The lowest BCUT2D eigenvalue weighted by Gasteiger charge is -2.42. The van der Waals surface area contributed by atoms with Crippen molar-refractivity contribution in [1.29, 1.82) is 0 Å². The number of nitrogens with zero attached hydrogens (tertiary/aromatic N) is 4. The summed E-state index contributed by atoms with van der Waals surface area (Å²) in [5, 5.41) is 0. The summed E-state index contributed by atoms with van der Waals surface area (Å²) in [6.45, 7) is 1.91. The average Bonchev–Trinajstić information content (AvgIpc) is 2.80. The third-order valence-electron chi connectivity index (χ3n) is 4.18. The maximum atomic E-state index is 12.3. The van der Waals surface area contributed by atoms with Crippen molar-refractivity contribution in [2.45, 2.75) is 5.60 Å². The highest BCUT2D eigenvalue weighted by molar-refractivity contribution is 5.94. The number of pyridine rings is 1. The quantitative estimate of drug-likeness (QED) is 0.733. The van der Waals surface area contributed by atoms with Gasteiger partial charge in [-0.3, -0.25) is 9.69 Å². The standard InChI is InChI=1S/C16H22N4O4/c1-18(2)15(22)19-7-8-23-12-16(10-19)11-20(14(21)9-24-16)13-5-3-4-6-17-13/h3-6H,7-12H2,1-2H3. The summed E-state index contributed by atoms with van der Waals surface area (Å²) in [5.41, 5.74) is -0.742. The number of hydrogen-bond acceptors (Lipinski definition) is 5. The lowest BCUT2D eigenvalue weighted by atomic mass is 10.0. The Hall–Kier alpha value is -2.19. The van der Waals surface area contributed by atoms with Crippen molar-refractivity contribution in [2.24, 2.45) is 0 Å². The molecule has 1 spiro atoms. The zero-order valence-electron chi connectivity index (χ0n) is 14.0. The van der Waals surface area contributed by atoms with Gasteiger partial charge in [-0.2, -0.15) is 0 Å². The van der Waals surface area contributed by atoms with Crippen LogP contribution < -0.4 is 4.90 Å². The molecule has 0 aliphatic carbocycles. The number of urea groups is 1. The van der Waals surface area contributed by atoms with E-state index in [0.717, 1.165) is 0 Å². The van der Waals surface area contributed by atoms with Crippen LogP contribution in [0.2, 0.25) is 0 Å². The molecule has 0 aromatic carbocycles. The molecule has 3 heterocycles. The van der Waals surface area contributed by atoms with Gasteiger partial charge < -0.3 is 19.3 Å². The Balaban J connectivity index is 1.83. The second-order valence-electron chi connectivity index (χ2n) is 6.29. The van der Waals surface area contributed by atoms with E-state index >= 15 is 0 Å². The summed E-state index contributed by atoms with van der Waals surface area (Å²) in [6.07, 6.45) is 1.65. The molecule has 1 aromatic rings. The summed E-state index contributed by atoms with van der Waals surface area (Å²) in [4.78, 5) is 33.7. The Labute approximate surface area is 140 Å². The van der Waals surface area contributed by atoms with Crippen LogP contribution in [0.1, 0.15) is 0 Å². The number of amides is 3. The van der Waals surface area contributed by atoms with Gasteiger partial charge in [-0.15, -0.1) is 0 Å². The Kier molecular flexibility index (Phi) is 4.68. The molecule has 2 aliphatic rings. The summed E-state index contributed by atoms with van der Waals surface area (Å²) in [6, 6.07) is 5.33. The van der Waals surface area contributed by atoms with E-state index in [2.05, 4.69) is 4.98 Å². The highest BCUT2D eigenvalue weighted by atomic mass is 16.6. The van der Waals surface area contributed by atoms with Crippen LogP contribution in [-0.4, -0.2) is 85.9 Å². The fourth-order valence-electron chi connectivity index (χ4n) is 2.97. The first-order chi connectivity index (χ1) is 11.5. The van der Waals surface area contributed by atoms with Crippen LogP contribution in [0.15, 0.2) is 24.4 Å². The van der Waals surface area contributed by atoms with Crippen molar-refractivity contribution < 1.29 is 19.1 Å². The van der Waals surface area contributed by atoms with E-state index in [-0.39, 0.29) is 18.5 Å². The largest absolute Gasteiger partial charge is 0.376 e. The summed E-state index contributed by atoms with van der Waals surface area (Å²) in [7, 11) is 3.43. The van der Waals surface area contributed by atoms with Crippen molar-refractivity contribution in [3.05, 3.63) is 24.4 Å². The van der Waals surface area contributed by atoms with Gasteiger partial charge in [0, 0.05) is 26.8 Å². The van der Waals surface area contributed by atoms with Gasteiger partial charge in [-0.25, -0.2) is 9.78 Å². The molecular formula is C16H22N4O4. The maximum Gasteiger partial charge on any atom is 0.319 e. The minimum absolute atomic E-state index is 0.0517. The summed E-state index contributed by atoms with van der Waals surface area (Å²) < 4.78 is 11.5. The average molecular weight is 334 g/mol. The molecular weight excluding hydrogens is 312 g/mol. The van der Waals surface area contributed by atoms with E-state index in [1.54, 1.807) is 42.2 Å². The molecule has 130 valence electrons. The molecule has 0 N–H and O–H groups in total. The van der Waals surface area contributed by atoms with Crippen LogP contribution in [0.4, 0.5) is 10.6 Å². The molecule has 3 rings (SSSR count). The molecule has 0 saturated carbocycles. The van der Waals surface area contributed by atoms with E-state index in [0.29, 0.717) is 38.7 Å². The number of ether oxygens (including phenoxy) is 2. The van der Waals surface area contributed by atoms with Gasteiger partial charge in [-0.1, -0.05) is 6.07 Å². The fourth-order valence-corrected chi connectivity index (χ4v) is 2.97. The second-order valence-corrected chi connectivity index (χ2v) is 6.29. The van der Waals surface area contributed by atoms with E-state index < -0.39 is 5.60 Å². The van der Waals surface area contributed by atoms with Crippen LogP contribution >= 0.6 is 0 Å². The smallest absolute Gasteiger partial charge is 0.319 e. The normalized spacial score (nSPS) is 24.8. The topological polar surface area (TPSA) is 75.2 Å². The van der Waals surface area contributed by atoms with Crippen molar-refractivity contribution in [1.82, 2.24) is 14.8 Å². The second kappa shape index (κ2) is 6.74. The number of rotatable bonds is 1. The first kappa shape index (κ1) is 16.7. The maximum absolute atomic E-state index is 12.3. The van der Waals surface area contributed by atoms with Crippen molar-refractivity contribution >= 4 is 17.8 Å². The lowest BCUT2D eigenvalue weighted by Crippen LogP contribution is -2.62. The molecule has 8 heteroatoms. The Morgan fingerprint density at radius 1 is 1.33 bits per heavy atom. The number of morpholine rings is 1. The third-order valence-corrected chi connectivity index (χ3v) is 4.18. The third kappa shape index (κ3) is 3.34. The number of hydrogen-bond donors (Lipinski definition) is 0. The van der Waals surface area contributed by atoms with Gasteiger partial charge in [0.15, 0.2) is 0 Å². The molecule has 8 nitrogen and oxygen atoms in total. The fraction of sp³-hybridized carbons (Fsp3) is 0.562. The minimum atomic E-state index is -0.742. The van der Waals surface area contributed by atoms with E-state index in [4.69, 9.17) is 9.47 Å². The van der Waals surface area contributed by atoms with Gasteiger partial charge in [0.2, 0.25) is 0 Å². The first-order valence-corrected chi connectivity index (χ1v) is 7.90. The van der Waals surface area contributed by atoms with Crippen LogP contribution in [-0.2, 0) is 14.3 Å². The molecule has 0 bridgehead atoms. The number of carbonyl (C=O) groups is 2.